The third-order valence-corrected chi connectivity index (χ3v) is 4.18. The van der Waals surface area contributed by atoms with E-state index < -0.39 is 0 Å². The number of hydrogen-bond acceptors (Lipinski definition) is 4. The lowest BCUT2D eigenvalue weighted by Crippen LogP contribution is -2.14. The molecule has 2 rings (SSSR count). The molecule has 0 bridgehead atoms. The van der Waals surface area contributed by atoms with Crippen LogP contribution in [0.5, 0.6) is 17.2 Å². The Morgan fingerprint density at radius 1 is 0.926 bits per heavy atom. The van der Waals surface area contributed by atoms with Gasteiger partial charge < -0.3 is 19.5 Å². The molecule has 1 N–H and O–H groups in total. The van der Waals surface area contributed by atoms with Gasteiger partial charge in [0, 0.05) is 17.7 Å². The highest BCUT2D eigenvalue weighted by molar-refractivity contribution is 6.03. The minimum Gasteiger partial charge on any atom is -0.497 e. The Hall–Kier alpha value is -2.95. The van der Waals surface area contributed by atoms with E-state index in [1.807, 2.05) is 30.3 Å². The average molecular weight is 369 g/mol. The zero-order valence-electron chi connectivity index (χ0n) is 16.8. The van der Waals surface area contributed by atoms with Crippen molar-refractivity contribution in [2.75, 3.05) is 26.6 Å². The molecule has 2 aromatic carbocycles. The number of methoxy groups -OCH3 is 3. The second kappa shape index (κ2) is 8.62. The van der Waals surface area contributed by atoms with E-state index in [-0.39, 0.29) is 11.3 Å². The molecule has 0 saturated carbocycles. The third kappa shape index (κ3) is 5.26. The highest BCUT2D eigenvalue weighted by Gasteiger charge is 2.16. The minimum atomic E-state index is -0.253. The Kier molecular flexibility index (Phi) is 6.50. The normalized spacial score (nSPS) is 11.3. The summed E-state index contributed by atoms with van der Waals surface area (Å²) in [6.07, 6.45) is 3.17. The van der Waals surface area contributed by atoms with Crippen LogP contribution in [0, 0.1) is 0 Å². The summed E-state index contributed by atoms with van der Waals surface area (Å²) < 4.78 is 15.9. The van der Waals surface area contributed by atoms with Crippen LogP contribution in [0.15, 0.2) is 42.5 Å². The minimum absolute atomic E-state index is 0.0297. The first kappa shape index (κ1) is 20.4. The van der Waals surface area contributed by atoms with Gasteiger partial charge in [0.25, 0.3) is 0 Å². The molecule has 0 aliphatic heterocycles. The van der Waals surface area contributed by atoms with Crippen LogP contribution >= 0.6 is 0 Å². The number of ether oxygens (including phenoxy) is 3. The first-order chi connectivity index (χ1) is 12.8. The average Bonchev–Trinajstić information content (AvgIpc) is 2.65. The van der Waals surface area contributed by atoms with E-state index in [1.165, 1.54) is 6.08 Å². The number of nitrogens with one attached hydrogen (secondary N) is 1. The molecular formula is C22H27NO4. The molecule has 0 spiro atoms. The van der Waals surface area contributed by atoms with Gasteiger partial charge in [0.2, 0.25) is 5.91 Å². The Morgan fingerprint density at radius 3 is 2.22 bits per heavy atom. The fourth-order valence-corrected chi connectivity index (χ4v) is 2.57. The fourth-order valence-electron chi connectivity index (χ4n) is 2.57. The molecule has 0 atom stereocenters. The van der Waals surface area contributed by atoms with Crippen molar-refractivity contribution < 1.29 is 19.0 Å². The summed E-state index contributed by atoms with van der Waals surface area (Å²) in [6.45, 7) is 6.36. The molecule has 0 aromatic heterocycles. The van der Waals surface area contributed by atoms with Gasteiger partial charge in [-0.05, 0) is 41.3 Å². The standard InChI is InChI=1S/C22H27NO4/c1-22(2,3)16-9-11-19(26-5)18(13-16)23-21(24)12-8-15-7-10-17(25-4)14-20(15)27-6/h7-14H,1-6H3,(H,23,24)/b12-8+. The highest BCUT2D eigenvalue weighted by Crippen LogP contribution is 2.31. The lowest BCUT2D eigenvalue weighted by Gasteiger charge is -2.21. The zero-order chi connectivity index (χ0) is 20.0. The number of anilines is 1. The summed E-state index contributed by atoms with van der Waals surface area (Å²) in [5.74, 6) is 1.69. The maximum atomic E-state index is 12.4. The predicted molar refractivity (Wildman–Crippen MR) is 109 cm³/mol. The number of hydrogen-bond donors (Lipinski definition) is 1. The summed E-state index contributed by atoms with van der Waals surface area (Å²) in [7, 11) is 4.76. The molecule has 0 aliphatic rings. The largest absolute Gasteiger partial charge is 0.497 e. The van der Waals surface area contributed by atoms with Crippen LogP contribution in [0.4, 0.5) is 5.69 Å². The van der Waals surface area contributed by atoms with Gasteiger partial charge in [0.1, 0.15) is 17.2 Å². The monoisotopic (exact) mass is 369 g/mol. The molecule has 0 radical (unpaired) electrons. The first-order valence-electron chi connectivity index (χ1n) is 8.68. The predicted octanol–water partition coefficient (Wildman–Crippen LogP) is 4.66. The van der Waals surface area contributed by atoms with E-state index in [1.54, 1.807) is 33.5 Å². The SMILES string of the molecule is COc1ccc(/C=C/C(=O)Nc2cc(C(C)(C)C)ccc2OC)c(OC)c1. The topological polar surface area (TPSA) is 56.8 Å². The van der Waals surface area contributed by atoms with Crippen molar-refractivity contribution in [2.24, 2.45) is 0 Å². The van der Waals surface area contributed by atoms with Gasteiger partial charge in [-0.25, -0.2) is 0 Å². The van der Waals surface area contributed by atoms with Crippen molar-refractivity contribution in [2.45, 2.75) is 26.2 Å². The van der Waals surface area contributed by atoms with Crippen LogP contribution in [0.25, 0.3) is 6.08 Å². The third-order valence-electron chi connectivity index (χ3n) is 4.18. The fraction of sp³-hybridized carbons (Fsp3) is 0.318. The van der Waals surface area contributed by atoms with Crippen LogP contribution in [0.1, 0.15) is 31.9 Å². The van der Waals surface area contributed by atoms with Gasteiger partial charge in [-0.3, -0.25) is 4.79 Å². The van der Waals surface area contributed by atoms with Gasteiger partial charge in [0.15, 0.2) is 0 Å². The highest BCUT2D eigenvalue weighted by atomic mass is 16.5. The molecule has 2 aromatic rings. The number of benzene rings is 2. The molecule has 144 valence electrons. The van der Waals surface area contributed by atoms with Crippen molar-refractivity contribution in [3.05, 3.63) is 53.6 Å². The van der Waals surface area contributed by atoms with Crippen LogP contribution in [0.2, 0.25) is 0 Å². The number of carbonyl (C=O) groups is 1. The van der Waals surface area contributed by atoms with E-state index >= 15 is 0 Å². The molecule has 0 aliphatic carbocycles. The molecule has 0 heterocycles. The summed E-state index contributed by atoms with van der Waals surface area (Å²) in [5, 5.41) is 2.89. The molecule has 0 unspecified atom stereocenters. The number of rotatable bonds is 6. The van der Waals surface area contributed by atoms with Crippen molar-refractivity contribution in [1.82, 2.24) is 0 Å². The van der Waals surface area contributed by atoms with E-state index in [2.05, 4.69) is 26.1 Å². The van der Waals surface area contributed by atoms with Crippen molar-refractivity contribution in [3.63, 3.8) is 0 Å². The van der Waals surface area contributed by atoms with Crippen LogP contribution in [-0.4, -0.2) is 27.2 Å². The summed E-state index contributed by atoms with van der Waals surface area (Å²) in [5.41, 5.74) is 2.50. The van der Waals surface area contributed by atoms with Crippen molar-refractivity contribution >= 4 is 17.7 Å². The lowest BCUT2D eigenvalue weighted by molar-refractivity contribution is -0.111. The summed E-state index contributed by atoms with van der Waals surface area (Å²) in [4.78, 5) is 12.4. The molecule has 0 saturated heterocycles. The van der Waals surface area contributed by atoms with E-state index in [4.69, 9.17) is 14.2 Å². The smallest absolute Gasteiger partial charge is 0.248 e. The number of carbonyl (C=O) groups excluding carboxylic acids is 1. The van der Waals surface area contributed by atoms with Gasteiger partial charge in [-0.1, -0.05) is 26.8 Å². The van der Waals surface area contributed by atoms with Gasteiger partial charge in [0.05, 0.1) is 27.0 Å². The molecule has 0 fully saturated rings. The van der Waals surface area contributed by atoms with Crippen LogP contribution < -0.4 is 19.5 Å². The van der Waals surface area contributed by atoms with Crippen molar-refractivity contribution in [3.8, 4) is 17.2 Å². The van der Waals surface area contributed by atoms with Crippen LogP contribution in [-0.2, 0) is 10.2 Å². The maximum Gasteiger partial charge on any atom is 0.248 e. The second-order valence-electron chi connectivity index (χ2n) is 7.10. The second-order valence-corrected chi connectivity index (χ2v) is 7.10. The summed E-state index contributed by atoms with van der Waals surface area (Å²) >= 11 is 0. The Morgan fingerprint density at radius 2 is 1.63 bits per heavy atom. The van der Waals surface area contributed by atoms with E-state index in [0.717, 1.165) is 11.1 Å². The Balaban J connectivity index is 2.22. The Bertz CT molecular complexity index is 835. The maximum absolute atomic E-state index is 12.4. The Labute approximate surface area is 161 Å². The van der Waals surface area contributed by atoms with Gasteiger partial charge in [-0.2, -0.15) is 0 Å². The molecular weight excluding hydrogens is 342 g/mol. The van der Waals surface area contributed by atoms with E-state index in [9.17, 15) is 4.79 Å². The van der Waals surface area contributed by atoms with Crippen molar-refractivity contribution in [1.29, 1.82) is 0 Å². The zero-order valence-corrected chi connectivity index (χ0v) is 16.8. The molecule has 27 heavy (non-hydrogen) atoms. The molecule has 1 amide bonds. The quantitative estimate of drug-likeness (QED) is 0.752. The van der Waals surface area contributed by atoms with Gasteiger partial charge in [-0.15, -0.1) is 0 Å². The van der Waals surface area contributed by atoms with E-state index in [0.29, 0.717) is 22.9 Å². The lowest BCUT2D eigenvalue weighted by atomic mass is 9.87. The molecule has 5 heteroatoms. The number of amides is 1. The first-order valence-corrected chi connectivity index (χ1v) is 8.68. The summed E-state index contributed by atoms with van der Waals surface area (Å²) in [6, 6.07) is 11.2. The van der Waals surface area contributed by atoms with Gasteiger partial charge >= 0.3 is 0 Å². The van der Waals surface area contributed by atoms with Crippen LogP contribution in [0.3, 0.4) is 0 Å². The molecule has 5 nitrogen and oxygen atoms in total.